The zero-order valence-electron chi connectivity index (χ0n) is 7.57. The van der Waals surface area contributed by atoms with Crippen LogP contribution in [0, 0.1) is 0 Å². The van der Waals surface area contributed by atoms with Crippen LogP contribution in [0.15, 0.2) is 22.8 Å². The molecule has 0 aliphatic carbocycles. The number of halogens is 1. The molecule has 0 radical (unpaired) electrons. The molecule has 0 saturated heterocycles. The Hall–Kier alpha value is -1.23. The van der Waals surface area contributed by atoms with Crippen molar-refractivity contribution in [2.24, 2.45) is 0 Å². The van der Waals surface area contributed by atoms with Crippen molar-refractivity contribution in [2.45, 2.75) is 13.3 Å². The van der Waals surface area contributed by atoms with Gasteiger partial charge in [-0.25, -0.2) is 9.50 Å². The number of aromatic nitrogens is 3. The van der Waals surface area contributed by atoms with E-state index in [0.29, 0.717) is 12.2 Å². The minimum Gasteiger partial charge on any atom is -0.300 e. The zero-order valence-corrected chi connectivity index (χ0v) is 9.15. The largest absolute Gasteiger partial charge is 0.300 e. The van der Waals surface area contributed by atoms with Crippen LogP contribution in [0.2, 0.25) is 0 Å². The summed E-state index contributed by atoms with van der Waals surface area (Å²) in [6.45, 7) is 1.53. The number of ketones is 1. The predicted molar refractivity (Wildman–Crippen MR) is 55.1 cm³/mol. The minimum atomic E-state index is 0.0694. The fraction of sp³-hybridized carbons (Fsp3) is 0.222. The lowest BCUT2D eigenvalue weighted by atomic mass is 10.3. The number of carbonyl (C=O) groups excluding carboxylic acids is 1. The Balaban J connectivity index is 2.46. The van der Waals surface area contributed by atoms with E-state index >= 15 is 0 Å². The minimum absolute atomic E-state index is 0.0694. The molecule has 72 valence electrons. The molecule has 0 aliphatic heterocycles. The van der Waals surface area contributed by atoms with Crippen LogP contribution >= 0.6 is 15.9 Å². The van der Waals surface area contributed by atoms with Gasteiger partial charge < -0.3 is 0 Å². The average Bonchev–Trinajstić information content (AvgIpc) is 2.44. The fourth-order valence-corrected chi connectivity index (χ4v) is 1.53. The van der Waals surface area contributed by atoms with Crippen LogP contribution in [-0.4, -0.2) is 20.4 Å². The lowest BCUT2D eigenvalue weighted by Crippen LogP contribution is -1.98. The molecule has 2 aromatic rings. The Morgan fingerprint density at radius 1 is 1.57 bits per heavy atom. The Morgan fingerprint density at radius 2 is 2.36 bits per heavy atom. The zero-order chi connectivity index (χ0) is 10.1. The van der Waals surface area contributed by atoms with Crippen LogP contribution in [-0.2, 0) is 11.2 Å². The summed E-state index contributed by atoms with van der Waals surface area (Å²) in [6, 6.07) is 3.74. The molecule has 0 saturated carbocycles. The van der Waals surface area contributed by atoms with Crippen LogP contribution in [0.1, 0.15) is 12.7 Å². The SMILES string of the molecule is CC(=O)Cc1nc2ccc(Br)cn2n1. The van der Waals surface area contributed by atoms with Gasteiger partial charge in [0.1, 0.15) is 5.78 Å². The highest BCUT2D eigenvalue weighted by Crippen LogP contribution is 2.10. The van der Waals surface area contributed by atoms with E-state index < -0.39 is 0 Å². The highest BCUT2D eigenvalue weighted by Gasteiger charge is 2.05. The summed E-state index contributed by atoms with van der Waals surface area (Å²) >= 11 is 3.34. The molecule has 0 aromatic carbocycles. The third-order valence-corrected chi connectivity index (χ3v) is 2.21. The number of hydrogen-bond donors (Lipinski definition) is 0. The second kappa shape index (κ2) is 3.49. The molecule has 0 N–H and O–H groups in total. The van der Waals surface area contributed by atoms with Crippen LogP contribution < -0.4 is 0 Å². The van der Waals surface area contributed by atoms with Crippen LogP contribution in [0.3, 0.4) is 0 Å². The summed E-state index contributed by atoms with van der Waals surface area (Å²) < 4.78 is 2.59. The van der Waals surface area contributed by atoms with Gasteiger partial charge >= 0.3 is 0 Å². The van der Waals surface area contributed by atoms with Crippen molar-refractivity contribution in [1.82, 2.24) is 14.6 Å². The molecular formula is C9H8BrN3O. The van der Waals surface area contributed by atoms with Crippen molar-refractivity contribution < 1.29 is 4.79 Å². The number of fused-ring (bicyclic) bond motifs is 1. The first-order valence-electron chi connectivity index (χ1n) is 4.15. The van der Waals surface area contributed by atoms with E-state index in [0.717, 1.165) is 10.1 Å². The summed E-state index contributed by atoms with van der Waals surface area (Å²) in [7, 11) is 0. The molecule has 2 aromatic heterocycles. The second-order valence-corrected chi connectivity index (χ2v) is 3.97. The van der Waals surface area contributed by atoms with Crippen molar-refractivity contribution >= 4 is 27.4 Å². The molecule has 5 heteroatoms. The molecule has 0 fully saturated rings. The summed E-state index contributed by atoms with van der Waals surface area (Å²) in [5, 5.41) is 4.17. The van der Waals surface area contributed by atoms with Crippen LogP contribution in [0.4, 0.5) is 0 Å². The molecule has 0 bridgehead atoms. The first kappa shape index (κ1) is 9.33. The summed E-state index contributed by atoms with van der Waals surface area (Å²) in [4.78, 5) is 15.1. The van der Waals surface area contributed by atoms with Gasteiger partial charge in [-0.2, -0.15) is 5.10 Å². The number of nitrogens with zero attached hydrogens (tertiary/aromatic N) is 3. The molecule has 0 unspecified atom stereocenters. The molecule has 14 heavy (non-hydrogen) atoms. The van der Waals surface area contributed by atoms with Gasteiger partial charge in [-0.05, 0) is 35.0 Å². The van der Waals surface area contributed by atoms with E-state index in [-0.39, 0.29) is 5.78 Å². The number of rotatable bonds is 2. The molecular weight excluding hydrogens is 246 g/mol. The summed E-state index contributed by atoms with van der Waals surface area (Å²) in [6.07, 6.45) is 2.10. The van der Waals surface area contributed by atoms with Crippen molar-refractivity contribution in [2.75, 3.05) is 0 Å². The maximum absolute atomic E-state index is 10.9. The van der Waals surface area contributed by atoms with E-state index in [9.17, 15) is 4.79 Å². The highest BCUT2D eigenvalue weighted by atomic mass is 79.9. The number of carbonyl (C=O) groups is 1. The fourth-order valence-electron chi connectivity index (χ4n) is 1.20. The van der Waals surface area contributed by atoms with Gasteiger partial charge in [0.15, 0.2) is 11.5 Å². The van der Waals surface area contributed by atoms with Crippen molar-refractivity contribution in [3.63, 3.8) is 0 Å². The molecule has 0 spiro atoms. The Kier molecular flexibility index (Phi) is 2.33. The molecule has 0 atom stereocenters. The molecule has 2 rings (SSSR count). The maximum Gasteiger partial charge on any atom is 0.159 e. The highest BCUT2D eigenvalue weighted by molar-refractivity contribution is 9.10. The van der Waals surface area contributed by atoms with Gasteiger partial charge in [-0.15, -0.1) is 0 Å². The Labute approximate surface area is 89.1 Å². The van der Waals surface area contributed by atoms with Gasteiger partial charge in [-0.1, -0.05) is 0 Å². The summed E-state index contributed by atoms with van der Waals surface area (Å²) in [5.74, 6) is 0.635. The first-order chi connectivity index (χ1) is 6.65. The number of pyridine rings is 1. The van der Waals surface area contributed by atoms with E-state index in [4.69, 9.17) is 0 Å². The second-order valence-electron chi connectivity index (χ2n) is 3.06. The van der Waals surface area contributed by atoms with Gasteiger partial charge in [0, 0.05) is 10.7 Å². The third-order valence-electron chi connectivity index (χ3n) is 1.75. The predicted octanol–water partition coefficient (Wildman–Crippen LogP) is 1.62. The van der Waals surface area contributed by atoms with E-state index in [1.165, 1.54) is 6.92 Å². The third kappa shape index (κ3) is 1.82. The lowest BCUT2D eigenvalue weighted by Gasteiger charge is -1.90. The Bertz CT molecular complexity index is 492. The van der Waals surface area contributed by atoms with Crippen LogP contribution in [0.5, 0.6) is 0 Å². The van der Waals surface area contributed by atoms with E-state index in [1.807, 2.05) is 18.3 Å². The van der Waals surface area contributed by atoms with E-state index in [2.05, 4.69) is 26.0 Å². The topological polar surface area (TPSA) is 47.3 Å². The van der Waals surface area contributed by atoms with E-state index in [1.54, 1.807) is 4.52 Å². The smallest absolute Gasteiger partial charge is 0.159 e. The van der Waals surface area contributed by atoms with Crippen molar-refractivity contribution in [3.05, 3.63) is 28.6 Å². The van der Waals surface area contributed by atoms with Gasteiger partial charge in [-0.3, -0.25) is 4.79 Å². The molecule has 4 nitrogen and oxygen atoms in total. The lowest BCUT2D eigenvalue weighted by molar-refractivity contribution is -0.116. The monoisotopic (exact) mass is 253 g/mol. The van der Waals surface area contributed by atoms with Crippen molar-refractivity contribution in [3.8, 4) is 0 Å². The normalized spacial score (nSPS) is 10.7. The van der Waals surface area contributed by atoms with Gasteiger partial charge in [0.25, 0.3) is 0 Å². The molecule has 2 heterocycles. The van der Waals surface area contributed by atoms with Gasteiger partial charge in [0.2, 0.25) is 0 Å². The quantitative estimate of drug-likeness (QED) is 0.818. The number of hydrogen-bond acceptors (Lipinski definition) is 3. The Morgan fingerprint density at radius 3 is 3.07 bits per heavy atom. The molecule has 0 aliphatic rings. The van der Waals surface area contributed by atoms with Crippen LogP contribution in [0.25, 0.3) is 5.65 Å². The number of Topliss-reactive ketones (excluding diaryl/α,β-unsaturated/α-hetero) is 1. The standard InChI is InChI=1S/C9H8BrN3O/c1-6(14)4-8-11-9-3-2-7(10)5-13(9)12-8/h2-3,5H,4H2,1H3. The first-order valence-corrected chi connectivity index (χ1v) is 4.95. The van der Waals surface area contributed by atoms with Gasteiger partial charge in [0.05, 0.1) is 6.42 Å². The molecule has 0 amide bonds. The maximum atomic E-state index is 10.9. The average molecular weight is 254 g/mol. The van der Waals surface area contributed by atoms with Crippen molar-refractivity contribution in [1.29, 1.82) is 0 Å². The summed E-state index contributed by atoms with van der Waals surface area (Å²) in [5.41, 5.74) is 0.754.